The van der Waals surface area contributed by atoms with Gasteiger partial charge in [-0.05, 0) is 29.7 Å². The zero-order valence-electron chi connectivity index (χ0n) is 7.35. The fraction of sp³-hybridized carbons (Fsp3) is 0.273. The molecule has 1 unspecified atom stereocenters. The zero-order chi connectivity index (χ0) is 9.84. The molecule has 0 spiro atoms. The summed E-state index contributed by atoms with van der Waals surface area (Å²) in [5.74, 6) is 3.08. The van der Waals surface area contributed by atoms with Gasteiger partial charge in [-0.3, -0.25) is 0 Å². The van der Waals surface area contributed by atoms with Crippen molar-refractivity contribution in [3.8, 4) is 12.3 Å². The minimum Gasteiger partial charge on any atom is -0.120 e. The highest BCUT2D eigenvalue weighted by atomic mass is 79.9. The number of rotatable bonds is 2. The van der Waals surface area contributed by atoms with Crippen molar-refractivity contribution in [2.45, 2.75) is 19.3 Å². The maximum Gasteiger partial charge on any atom is 0.0211 e. The monoisotopic (exact) mass is 300 g/mol. The number of halogens is 2. The molecule has 0 fully saturated rings. The van der Waals surface area contributed by atoms with Gasteiger partial charge in [0.05, 0.1) is 0 Å². The predicted octanol–water partition coefficient (Wildman–Crippen LogP) is 4.34. The van der Waals surface area contributed by atoms with Gasteiger partial charge in [-0.15, -0.1) is 12.3 Å². The fourth-order valence-corrected chi connectivity index (χ4v) is 2.20. The SMILES string of the molecule is C#CCC(C)c1cc(Br)ccc1Br. The molecule has 0 saturated heterocycles. The van der Waals surface area contributed by atoms with E-state index in [0.717, 1.165) is 15.4 Å². The second-order valence-corrected chi connectivity index (χ2v) is 4.75. The molecule has 0 aliphatic heterocycles. The van der Waals surface area contributed by atoms with Crippen molar-refractivity contribution >= 4 is 31.9 Å². The Morgan fingerprint density at radius 1 is 1.46 bits per heavy atom. The van der Waals surface area contributed by atoms with E-state index in [-0.39, 0.29) is 0 Å². The van der Waals surface area contributed by atoms with Gasteiger partial charge in [0.1, 0.15) is 0 Å². The maximum atomic E-state index is 5.28. The van der Waals surface area contributed by atoms with E-state index >= 15 is 0 Å². The Labute approximate surface area is 96.0 Å². The molecule has 0 saturated carbocycles. The molecule has 0 heterocycles. The Hall–Kier alpha value is -0.260. The first-order valence-electron chi connectivity index (χ1n) is 4.03. The Kier molecular flexibility index (Phi) is 4.02. The molecule has 1 rings (SSSR count). The van der Waals surface area contributed by atoms with Crippen LogP contribution < -0.4 is 0 Å². The maximum absolute atomic E-state index is 5.28. The van der Waals surface area contributed by atoms with Crippen LogP contribution in [0.4, 0.5) is 0 Å². The Balaban J connectivity index is 3.00. The molecule has 1 aromatic rings. The molecule has 0 amide bonds. The van der Waals surface area contributed by atoms with Crippen molar-refractivity contribution in [3.63, 3.8) is 0 Å². The molecule has 2 heteroatoms. The van der Waals surface area contributed by atoms with Gasteiger partial charge in [-0.2, -0.15) is 0 Å². The van der Waals surface area contributed by atoms with Crippen LogP contribution in [0.3, 0.4) is 0 Å². The third-order valence-electron chi connectivity index (χ3n) is 1.91. The summed E-state index contributed by atoms with van der Waals surface area (Å²) in [4.78, 5) is 0. The van der Waals surface area contributed by atoms with Gasteiger partial charge in [-0.1, -0.05) is 38.8 Å². The Morgan fingerprint density at radius 3 is 2.77 bits per heavy atom. The van der Waals surface area contributed by atoms with Gasteiger partial charge < -0.3 is 0 Å². The molecule has 68 valence electrons. The minimum absolute atomic E-state index is 0.400. The zero-order valence-corrected chi connectivity index (χ0v) is 10.5. The van der Waals surface area contributed by atoms with Crippen LogP contribution in [-0.4, -0.2) is 0 Å². The molecule has 13 heavy (non-hydrogen) atoms. The average Bonchev–Trinajstić information content (AvgIpc) is 2.09. The van der Waals surface area contributed by atoms with Crippen LogP contribution >= 0.6 is 31.9 Å². The van der Waals surface area contributed by atoms with Gasteiger partial charge in [0.15, 0.2) is 0 Å². The first kappa shape index (κ1) is 10.8. The summed E-state index contributed by atoms with van der Waals surface area (Å²) in [7, 11) is 0. The van der Waals surface area contributed by atoms with Crippen molar-refractivity contribution in [2.24, 2.45) is 0 Å². The molecule has 0 aliphatic rings. The third kappa shape index (κ3) is 2.86. The smallest absolute Gasteiger partial charge is 0.0211 e. The largest absolute Gasteiger partial charge is 0.120 e. The lowest BCUT2D eigenvalue weighted by Crippen LogP contribution is -1.93. The summed E-state index contributed by atoms with van der Waals surface area (Å²) in [6.45, 7) is 2.13. The normalized spacial score (nSPS) is 12.2. The summed E-state index contributed by atoms with van der Waals surface area (Å²) >= 11 is 6.95. The van der Waals surface area contributed by atoms with E-state index < -0.39 is 0 Å². The van der Waals surface area contributed by atoms with E-state index in [9.17, 15) is 0 Å². The summed E-state index contributed by atoms with van der Waals surface area (Å²) in [5.41, 5.74) is 1.26. The molecule has 0 nitrogen and oxygen atoms in total. The fourth-order valence-electron chi connectivity index (χ4n) is 1.18. The van der Waals surface area contributed by atoms with Gasteiger partial charge in [0.25, 0.3) is 0 Å². The number of hydrogen-bond donors (Lipinski definition) is 0. The standard InChI is InChI=1S/C11H10Br2/c1-3-4-8(2)10-7-9(12)5-6-11(10)13/h1,5-8H,4H2,2H3. The molecule has 1 atom stereocenters. The van der Waals surface area contributed by atoms with Crippen molar-refractivity contribution in [2.75, 3.05) is 0 Å². The molecular weight excluding hydrogens is 292 g/mol. The van der Waals surface area contributed by atoms with Crippen LogP contribution in [0.15, 0.2) is 27.1 Å². The van der Waals surface area contributed by atoms with Crippen LogP contribution in [-0.2, 0) is 0 Å². The number of terminal acetylenes is 1. The molecule has 0 aromatic heterocycles. The van der Waals surface area contributed by atoms with E-state index in [4.69, 9.17) is 6.42 Å². The van der Waals surface area contributed by atoms with E-state index in [1.807, 2.05) is 12.1 Å². The quantitative estimate of drug-likeness (QED) is 0.713. The lowest BCUT2D eigenvalue weighted by atomic mass is 9.98. The average molecular weight is 302 g/mol. The molecule has 0 aliphatic carbocycles. The molecule has 0 bridgehead atoms. The topological polar surface area (TPSA) is 0 Å². The van der Waals surface area contributed by atoms with E-state index in [0.29, 0.717) is 5.92 Å². The van der Waals surface area contributed by atoms with Crippen molar-refractivity contribution in [3.05, 3.63) is 32.7 Å². The number of hydrogen-bond acceptors (Lipinski definition) is 0. The second kappa shape index (κ2) is 4.83. The Bertz CT molecular complexity index is 336. The highest BCUT2D eigenvalue weighted by Crippen LogP contribution is 2.29. The van der Waals surface area contributed by atoms with E-state index in [2.05, 4.69) is 50.8 Å². The lowest BCUT2D eigenvalue weighted by Gasteiger charge is -2.10. The van der Waals surface area contributed by atoms with Crippen LogP contribution in [0.1, 0.15) is 24.8 Å². The first-order valence-corrected chi connectivity index (χ1v) is 5.62. The minimum atomic E-state index is 0.400. The van der Waals surface area contributed by atoms with Crippen molar-refractivity contribution < 1.29 is 0 Å². The van der Waals surface area contributed by atoms with Crippen LogP contribution in [0.5, 0.6) is 0 Å². The number of benzene rings is 1. The van der Waals surface area contributed by atoms with E-state index in [1.54, 1.807) is 0 Å². The first-order chi connectivity index (χ1) is 6.15. The van der Waals surface area contributed by atoms with Gasteiger partial charge in [0.2, 0.25) is 0 Å². The summed E-state index contributed by atoms with van der Waals surface area (Å²) in [5, 5.41) is 0. The van der Waals surface area contributed by atoms with Gasteiger partial charge in [-0.25, -0.2) is 0 Å². The van der Waals surface area contributed by atoms with E-state index in [1.165, 1.54) is 5.56 Å². The highest BCUT2D eigenvalue weighted by molar-refractivity contribution is 9.11. The lowest BCUT2D eigenvalue weighted by molar-refractivity contribution is 0.791. The van der Waals surface area contributed by atoms with Crippen LogP contribution in [0.25, 0.3) is 0 Å². The van der Waals surface area contributed by atoms with Crippen LogP contribution in [0, 0.1) is 12.3 Å². The van der Waals surface area contributed by atoms with Crippen molar-refractivity contribution in [1.82, 2.24) is 0 Å². The molecular formula is C11H10Br2. The van der Waals surface area contributed by atoms with Gasteiger partial charge in [0, 0.05) is 15.4 Å². The summed E-state index contributed by atoms with van der Waals surface area (Å²) in [6.07, 6.45) is 6.05. The summed E-state index contributed by atoms with van der Waals surface area (Å²) in [6, 6.07) is 6.15. The van der Waals surface area contributed by atoms with Gasteiger partial charge >= 0.3 is 0 Å². The van der Waals surface area contributed by atoms with Crippen molar-refractivity contribution in [1.29, 1.82) is 0 Å². The third-order valence-corrected chi connectivity index (χ3v) is 3.13. The highest BCUT2D eigenvalue weighted by Gasteiger charge is 2.08. The molecule has 0 N–H and O–H groups in total. The van der Waals surface area contributed by atoms with Crippen LogP contribution in [0.2, 0.25) is 0 Å². The predicted molar refractivity (Wildman–Crippen MR) is 63.7 cm³/mol. The molecule has 1 aromatic carbocycles. The molecule has 0 radical (unpaired) electrons. The second-order valence-electron chi connectivity index (χ2n) is 2.98. The Morgan fingerprint density at radius 2 is 2.15 bits per heavy atom. The summed E-state index contributed by atoms with van der Waals surface area (Å²) < 4.78 is 2.22.